The summed E-state index contributed by atoms with van der Waals surface area (Å²) in [5.41, 5.74) is 3.55. The predicted octanol–water partition coefficient (Wildman–Crippen LogP) is 4.93. The molecule has 3 aliphatic carbocycles. The highest BCUT2D eigenvalue weighted by atomic mass is 16.4. The number of aromatic nitrogens is 5. The van der Waals surface area contributed by atoms with E-state index in [2.05, 4.69) is 25.1 Å². The first-order chi connectivity index (χ1) is 17.1. The zero-order chi connectivity index (χ0) is 23.9. The molecule has 9 heteroatoms. The van der Waals surface area contributed by atoms with Gasteiger partial charge in [-0.05, 0) is 43.1 Å². The van der Waals surface area contributed by atoms with Crippen LogP contribution < -0.4 is 5.32 Å². The average Bonchev–Trinajstić information content (AvgIpc) is 3.33. The molecule has 0 radical (unpaired) electrons. The average molecular weight is 466 g/mol. The van der Waals surface area contributed by atoms with Gasteiger partial charge >= 0.3 is 5.97 Å². The summed E-state index contributed by atoms with van der Waals surface area (Å²) in [6.45, 7) is 7.22. The van der Waals surface area contributed by atoms with Crippen molar-refractivity contribution in [1.29, 1.82) is 0 Å². The molecule has 9 nitrogen and oxygen atoms in total. The lowest BCUT2D eigenvalue weighted by atomic mass is 9.61. The van der Waals surface area contributed by atoms with Crippen molar-refractivity contribution in [3.05, 3.63) is 60.5 Å². The van der Waals surface area contributed by atoms with Crippen LogP contribution in [0.5, 0.6) is 0 Å². The Morgan fingerprint density at radius 2 is 1.89 bits per heavy atom. The minimum atomic E-state index is -0.741. The third kappa shape index (κ3) is 3.77. The molecule has 0 amide bonds. The van der Waals surface area contributed by atoms with Crippen molar-refractivity contribution in [1.82, 2.24) is 24.9 Å². The van der Waals surface area contributed by atoms with Crippen LogP contribution in [0.2, 0.25) is 0 Å². The van der Waals surface area contributed by atoms with E-state index in [0.717, 1.165) is 42.2 Å². The highest BCUT2D eigenvalue weighted by Crippen LogP contribution is 2.46. The van der Waals surface area contributed by atoms with Crippen LogP contribution in [0, 0.1) is 24.3 Å². The highest BCUT2D eigenvalue weighted by molar-refractivity contribution is 5.91. The third-order valence-corrected chi connectivity index (χ3v) is 7.43. The van der Waals surface area contributed by atoms with Crippen LogP contribution in [-0.2, 0) is 4.79 Å². The first-order valence-electron chi connectivity index (χ1n) is 11.7. The molecule has 174 valence electrons. The predicted molar refractivity (Wildman–Crippen MR) is 131 cm³/mol. The molecule has 3 fully saturated rings. The maximum atomic E-state index is 12.2. The van der Waals surface area contributed by atoms with Gasteiger partial charge in [-0.25, -0.2) is 24.8 Å². The summed E-state index contributed by atoms with van der Waals surface area (Å²) < 4.78 is 0. The number of benzene rings is 1. The van der Waals surface area contributed by atoms with Gasteiger partial charge in [0.15, 0.2) is 11.5 Å². The molecule has 3 aliphatic rings. The molecule has 3 aromatic heterocycles. The van der Waals surface area contributed by atoms with Crippen LogP contribution in [0.15, 0.2) is 49.1 Å². The molecule has 4 aromatic rings. The van der Waals surface area contributed by atoms with E-state index in [1.165, 1.54) is 6.33 Å². The minimum Gasteiger partial charge on any atom is -0.481 e. The quantitative estimate of drug-likeness (QED) is 0.357. The van der Waals surface area contributed by atoms with Crippen molar-refractivity contribution >= 4 is 28.5 Å². The first-order valence-corrected chi connectivity index (χ1v) is 11.7. The minimum absolute atomic E-state index is 0.175. The number of nitrogens with one attached hydrogen (secondary N) is 2. The molecule has 35 heavy (non-hydrogen) atoms. The lowest BCUT2D eigenvalue weighted by molar-refractivity contribution is -0.148. The lowest BCUT2D eigenvalue weighted by Gasteiger charge is -2.47. The second kappa shape index (κ2) is 8.47. The summed E-state index contributed by atoms with van der Waals surface area (Å²) in [5, 5.41) is 14.3. The van der Waals surface area contributed by atoms with E-state index in [9.17, 15) is 9.90 Å². The van der Waals surface area contributed by atoms with Crippen molar-refractivity contribution in [2.75, 3.05) is 5.32 Å². The summed E-state index contributed by atoms with van der Waals surface area (Å²) in [6, 6.07) is 8.94. The van der Waals surface area contributed by atoms with E-state index < -0.39 is 11.9 Å². The van der Waals surface area contributed by atoms with Gasteiger partial charge in [0.2, 0.25) is 0 Å². The van der Waals surface area contributed by atoms with Crippen molar-refractivity contribution in [2.45, 2.75) is 31.7 Å². The monoisotopic (exact) mass is 465 g/mol. The van der Waals surface area contributed by atoms with E-state index in [4.69, 9.17) is 16.5 Å². The van der Waals surface area contributed by atoms with Crippen molar-refractivity contribution in [3.63, 3.8) is 0 Å². The summed E-state index contributed by atoms with van der Waals surface area (Å²) in [7, 11) is 0. The van der Waals surface area contributed by atoms with Gasteiger partial charge in [-0.15, -0.1) is 0 Å². The first kappa shape index (κ1) is 21.2. The number of carboxylic acids is 1. The molecule has 0 aliphatic heterocycles. The van der Waals surface area contributed by atoms with Crippen LogP contribution in [-0.4, -0.2) is 42.0 Å². The SMILES string of the molecule is [C-]#[N+]c1ccc(-c2cc(NC3C4CCC(CC4)C3C(=O)O)nc(-c3c[nH]c4ncncc34)n2)cc1. The molecule has 3 saturated carbocycles. The fourth-order valence-corrected chi connectivity index (χ4v) is 5.72. The Morgan fingerprint density at radius 3 is 2.63 bits per heavy atom. The summed E-state index contributed by atoms with van der Waals surface area (Å²) in [6.07, 6.45) is 9.04. The third-order valence-electron chi connectivity index (χ3n) is 7.43. The Morgan fingerprint density at radius 1 is 1.11 bits per heavy atom. The van der Waals surface area contributed by atoms with Gasteiger partial charge in [0, 0.05) is 35.5 Å². The largest absolute Gasteiger partial charge is 0.481 e. The smallest absolute Gasteiger partial charge is 0.308 e. The molecular formula is C26H23N7O2. The molecule has 0 spiro atoms. The molecule has 2 unspecified atom stereocenters. The molecular weight excluding hydrogens is 442 g/mol. The van der Waals surface area contributed by atoms with Gasteiger partial charge in [0.1, 0.15) is 17.8 Å². The van der Waals surface area contributed by atoms with Crippen molar-refractivity contribution in [3.8, 4) is 22.6 Å². The number of nitrogens with zero attached hydrogens (tertiary/aromatic N) is 5. The Bertz CT molecular complexity index is 1450. The number of carbonyl (C=O) groups is 1. The number of rotatable bonds is 5. The maximum absolute atomic E-state index is 12.2. The van der Waals surface area contributed by atoms with Crippen LogP contribution in [0.1, 0.15) is 25.7 Å². The Labute approximate surface area is 201 Å². The zero-order valence-electron chi connectivity index (χ0n) is 18.8. The Kier molecular flexibility index (Phi) is 5.14. The number of anilines is 1. The van der Waals surface area contributed by atoms with E-state index in [-0.39, 0.29) is 12.0 Å². The second-order valence-electron chi connectivity index (χ2n) is 9.32. The van der Waals surface area contributed by atoms with Gasteiger partial charge in [0.25, 0.3) is 0 Å². The van der Waals surface area contributed by atoms with Crippen LogP contribution in [0.4, 0.5) is 11.5 Å². The fraction of sp³-hybridized carbons (Fsp3) is 0.308. The number of hydrogen-bond donors (Lipinski definition) is 3. The molecule has 1 aromatic carbocycles. The number of H-pyrrole nitrogens is 1. The molecule has 3 N–H and O–H groups in total. The number of aromatic amines is 1. The van der Waals surface area contributed by atoms with Gasteiger partial charge < -0.3 is 15.4 Å². The maximum Gasteiger partial charge on any atom is 0.308 e. The molecule has 0 saturated heterocycles. The standard InChI is InChI=1S/C26H23N7O2/c1-27-17-8-6-14(7-9-17)20-10-21(32-23-16-4-2-15(3-5-16)22(23)26(34)35)33-25(31-20)19-12-29-24-18(19)11-28-13-30-24/h6-13,15-16,22-23H,2-5H2,(H,34,35)(H,28,29,30)(H,31,32,33). The van der Waals surface area contributed by atoms with Crippen molar-refractivity contribution < 1.29 is 9.90 Å². The second-order valence-corrected chi connectivity index (χ2v) is 9.32. The van der Waals surface area contributed by atoms with Gasteiger partial charge in [-0.2, -0.15) is 0 Å². The Balaban J connectivity index is 1.45. The van der Waals surface area contributed by atoms with Crippen LogP contribution in [0.3, 0.4) is 0 Å². The number of aliphatic carboxylic acids is 1. The molecule has 2 atom stereocenters. The number of hydrogen-bond acceptors (Lipinski definition) is 6. The highest BCUT2D eigenvalue weighted by Gasteiger charge is 2.47. The van der Waals surface area contributed by atoms with E-state index >= 15 is 0 Å². The van der Waals surface area contributed by atoms with Gasteiger partial charge in [0.05, 0.1) is 18.2 Å². The van der Waals surface area contributed by atoms with Gasteiger partial charge in [-0.3, -0.25) is 4.79 Å². The van der Waals surface area contributed by atoms with E-state index in [0.29, 0.717) is 34.6 Å². The lowest BCUT2D eigenvalue weighted by Crippen LogP contribution is -2.51. The molecule has 3 heterocycles. The summed E-state index contributed by atoms with van der Waals surface area (Å²) >= 11 is 0. The van der Waals surface area contributed by atoms with Crippen molar-refractivity contribution in [2.24, 2.45) is 17.8 Å². The number of carboxylic acid groups (broad SMARTS) is 1. The summed E-state index contributed by atoms with van der Waals surface area (Å²) in [5.74, 6) is 0.422. The van der Waals surface area contributed by atoms with E-state index in [1.54, 1.807) is 18.3 Å². The molecule has 7 rings (SSSR count). The van der Waals surface area contributed by atoms with Gasteiger partial charge in [-0.1, -0.05) is 24.3 Å². The van der Waals surface area contributed by atoms with Crippen LogP contribution >= 0.6 is 0 Å². The Hall–Kier alpha value is -4.32. The number of fused-ring (bicyclic) bond motifs is 4. The topological polar surface area (TPSA) is 121 Å². The van der Waals surface area contributed by atoms with E-state index in [1.807, 2.05) is 24.4 Å². The fourth-order valence-electron chi connectivity index (χ4n) is 5.72. The van der Waals surface area contributed by atoms with Crippen LogP contribution in [0.25, 0.3) is 38.5 Å². The summed E-state index contributed by atoms with van der Waals surface area (Å²) in [4.78, 5) is 36.8. The molecule has 2 bridgehead atoms. The zero-order valence-corrected chi connectivity index (χ0v) is 18.8. The normalized spacial score (nSPS) is 23.2.